The number of hydrogen-bond acceptors (Lipinski definition) is 2. The lowest BCUT2D eigenvalue weighted by Crippen LogP contribution is -2.09. The number of rotatable bonds is 1. The van der Waals surface area contributed by atoms with Gasteiger partial charge in [0.25, 0.3) is 5.92 Å². The second-order valence-electron chi connectivity index (χ2n) is 1.95. The van der Waals surface area contributed by atoms with E-state index in [1.165, 1.54) is 0 Å². The average Bonchev–Trinajstić information content (AvgIpc) is 2.11. The molecule has 1 aromatic rings. The van der Waals surface area contributed by atoms with Crippen LogP contribution in [0.1, 0.15) is 12.6 Å². The van der Waals surface area contributed by atoms with Crippen molar-refractivity contribution >= 4 is 11.3 Å². The number of nitrogens with one attached hydrogen (secondary N) is 1. The van der Waals surface area contributed by atoms with E-state index in [1.807, 2.05) is 4.98 Å². The largest absolute Gasteiger partial charge is 0.311 e. The normalized spacial score (nSPS) is 11.9. The minimum atomic E-state index is -2.93. The number of alkyl halides is 2. The number of thiazole rings is 1. The van der Waals surface area contributed by atoms with Gasteiger partial charge in [-0.1, -0.05) is 11.3 Å². The van der Waals surface area contributed by atoms with Crippen molar-refractivity contribution in [3.8, 4) is 0 Å². The van der Waals surface area contributed by atoms with Crippen LogP contribution < -0.4 is 4.87 Å². The van der Waals surface area contributed by atoms with Gasteiger partial charge in [-0.15, -0.1) is 0 Å². The van der Waals surface area contributed by atoms with E-state index in [1.54, 1.807) is 0 Å². The highest BCUT2D eigenvalue weighted by Crippen LogP contribution is 2.24. The molecule has 56 valence electrons. The maximum absolute atomic E-state index is 12.3. The molecule has 5 heteroatoms. The van der Waals surface area contributed by atoms with Crippen LogP contribution in [0.25, 0.3) is 0 Å². The predicted octanol–water partition coefficient (Wildman–Crippen LogP) is 1.55. The fraction of sp³-hybridized carbons (Fsp3) is 0.400. The first-order valence-corrected chi connectivity index (χ1v) is 3.44. The molecule has 0 atom stereocenters. The molecule has 0 unspecified atom stereocenters. The van der Waals surface area contributed by atoms with E-state index in [2.05, 4.69) is 0 Å². The smallest absolute Gasteiger partial charge is 0.304 e. The SMILES string of the molecule is CC(F)(F)c1csc(=O)[nH]1. The van der Waals surface area contributed by atoms with Gasteiger partial charge < -0.3 is 4.98 Å². The van der Waals surface area contributed by atoms with E-state index in [4.69, 9.17) is 0 Å². The van der Waals surface area contributed by atoms with E-state index in [0.29, 0.717) is 0 Å². The standard InChI is InChI=1S/C5H5F2NOS/c1-5(6,7)3-2-10-4(9)8-3/h2H,1H3,(H,8,9). The van der Waals surface area contributed by atoms with E-state index < -0.39 is 10.8 Å². The zero-order valence-electron chi connectivity index (χ0n) is 5.15. The summed E-state index contributed by atoms with van der Waals surface area (Å²) in [5.41, 5.74) is -0.317. The Hall–Kier alpha value is -0.710. The highest BCUT2D eigenvalue weighted by Gasteiger charge is 2.25. The Morgan fingerprint density at radius 2 is 2.30 bits per heavy atom. The van der Waals surface area contributed by atoms with Crippen molar-refractivity contribution < 1.29 is 8.78 Å². The third-order valence-electron chi connectivity index (χ3n) is 0.993. The van der Waals surface area contributed by atoms with Crippen LogP contribution in [0, 0.1) is 0 Å². The highest BCUT2D eigenvalue weighted by atomic mass is 32.1. The summed E-state index contributed by atoms with van der Waals surface area (Å²) >= 11 is 0.740. The first-order valence-electron chi connectivity index (χ1n) is 2.56. The van der Waals surface area contributed by atoms with Crippen LogP contribution in [0.15, 0.2) is 10.2 Å². The molecule has 0 spiro atoms. The summed E-state index contributed by atoms with van der Waals surface area (Å²) in [6.45, 7) is 0.741. The van der Waals surface area contributed by atoms with Gasteiger partial charge in [-0.3, -0.25) is 4.79 Å². The summed E-state index contributed by atoms with van der Waals surface area (Å²) < 4.78 is 24.6. The molecule has 0 saturated carbocycles. The average molecular weight is 165 g/mol. The van der Waals surface area contributed by atoms with Crippen molar-refractivity contribution in [2.75, 3.05) is 0 Å². The number of hydrogen-bond donors (Lipinski definition) is 1. The molecule has 0 aliphatic carbocycles. The lowest BCUT2D eigenvalue weighted by Gasteiger charge is -2.04. The summed E-state index contributed by atoms with van der Waals surface area (Å²) in [5.74, 6) is -2.93. The quantitative estimate of drug-likeness (QED) is 0.672. The van der Waals surface area contributed by atoms with Crippen molar-refractivity contribution in [2.24, 2.45) is 0 Å². The van der Waals surface area contributed by atoms with Crippen molar-refractivity contribution in [3.63, 3.8) is 0 Å². The first-order chi connectivity index (χ1) is 4.50. The highest BCUT2D eigenvalue weighted by molar-refractivity contribution is 7.07. The second-order valence-corrected chi connectivity index (χ2v) is 2.79. The van der Waals surface area contributed by atoms with E-state index in [0.717, 1.165) is 23.6 Å². The van der Waals surface area contributed by atoms with Crippen molar-refractivity contribution in [3.05, 3.63) is 20.7 Å². The Morgan fingerprint density at radius 3 is 2.50 bits per heavy atom. The summed E-state index contributed by atoms with van der Waals surface area (Å²) in [4.78, 5) is 11.9. The molecule has 0 fully saturated rings. The third-order valence-corrected chi connectivity index (χ3v) is 1.66. The number of aromatic amines is 1. The van der Waals surface area contributed by atoms with Gasteiger partial charge >= 0.3 is 4.87 Å². The van der Waals surface area contributed by atoms with Gasteiger partial charge in [0.2, 0.25) is 0 Å². The summed E-state index contributed by atoms with van der Waals surface area (Å²) in [5, 5.41) is 1.13. The molecule has 0 radical (unpaired) electrons. The second kappa shape index (κ2) is 2.16. The number of H-pyrrole nitrogens is 1. The lowest BCUT2D eigenvalue weighted by molar-refractivity contribution is 0.0132. The summed E-state index contributed by atoms with van der Waals surface area (Å²) in [6, 6.07) is 0. The molecule has 1 N–H and O–H groups in total. The number of halogens is 2. The van der Waals surface area contributed by atoms with Crippen LogP contribution in [0.5, 0.6) is 0 Å². The topological polar surface area (TPSA) is 32.9 Å². The van der Waals surface area contributed by atoms with E-state index in [-0.39, 0.29) is 5.69 Å². The zero-order chi connectivity index (χ0) is 7.78. The maximum Gasteiger partial charge on any atom is 0.304 e. The molecule has 1 aromatic heterocycles. The molecule has 1 rings (SSSR count). The van der Waals surface area contributed by atoms with Gasteiger partial charge in [0.1, 0.15) is 0 Å². The fourth-order valence-electron chi connectivity index (χ4n) is 0.495. The Bertz CT molecular complexity index is 272. The van der Waals surface area contributed by atoms with Crippen LogP contribution in [0.3, 0.4) is 0 Å². The Morgan fingerprint density at radius 1 is 1.70 bits per heavy atom. The van der Waals surface area contributed by atoms with Crippen molar-refractivity contribution in [1.29, 1.82) is 0 Å². The molecule has 0 aliphatic heterocycles. The maximum atomic E-state index is 12.3. The van der Waals surface area contributed by atoms with Crippen LogP contribution in [0.4, 0.5) is 8.78 Å². The molecule has 0 aromatic carbocycles. The van der Waals surface area contributed by atoms with Crippen molar-refractivity contribution in [2.45, 2.75) is 12.8 Å². The van der Waals surface area contributed by atoms with E-state index >= 15 is 0 Å². The van der Waals surface area contributed by atoms with Gasteiger partial charge in [0.15, 0.2) is 0 Å². The Balaban J connectivity index is 3.07. The predicted molar refractivity (Wildman–Crippen MR) is 34.5 cm³/mol. The molecular weight excluding hydrogens is 160 g/mol. The molecule has 0 bridgehead atoms. The summed E-state index contributed by atoms with van der Waals surface area (Å²) in [7, 11) is 0. The van der Waals surface area contributed by atoms with Gasteiger partial charge in [0, 0.05) is 12.3 Å². The van der Waals surface area contributed by atoms with Crippen LogP contribution >= 0.6 is 11.3 Å². The number of aromatic nitrogens is 1. The molecular formula is C5H5F2NOS. The van der Waals surface area contributed by atoms with Gasteiger partial charge in [0.05, 0.1) is 5.69 Å². The third kappa shape index (κ3) is 1.41. The van der Waals surface area contributed by atoms with Crippen LogP contribution in [-0.4, -0.2) is 4.98 Å². The summed E-state index contributed by atoms with van der Waals surface area (Å²) in [6.07, 6.45) is 0. The van der Waals surface area contributed by atoms with Crippen LogP contribution in [-0.2, 0) is 5.92 Å². The lowest BCUT2D eigenvalue weighted by atomic mass is 10.3. The van der Waals surface area contributed by atoms with E-state index in [9.17, 15) is 13.6 Å². The van der Waals surface area contributed by atoms with Gasteiger partial charge in [-0.05, 0) is 0 Å². The first kappa shape index (κ1) is 7.40. The van der Waals surface area contributed by atoms with Gasteiger partial charge in [-0.25, -0.2) is 0 Å². The fourth-order valence-corrected chi connectivity index (χ4v) is 1.15. The molecule has 1 heterocycles. The Kier molecular flexibility index (Phi) is 1.60. The van der Waals surface area contributed by atoms with Crippen molar-refractivity contribution in [1.82, 2.24) is 4.98 Å². The monoisotopic (exact) mass is 165 g/mol. The molecule has 0 amide bonds. The van der Waals surface area contributed by atoms with Crippen LogP contribution in [0.2, 0.25) is 0 Å². The molecule has 0 saturated heterocycles. The zero-order valence-corrected chi connectivity index (χ0v) is 5.97. The minimum Gasteiger partial charge on any atom is -0.311 e. The molecule has 2 nitrogen and oxygen atoms in total. The molecule has 10 heavy (non-hydrogen) atoms. The molecule has 0 aliphatic rings. The Labute approximate surface area is 59.5 Å². The minimum absolute atomic E-state index is 0.317. The van der Waals surface area contributed by atoms with Gasteiger partial charge in [-0.2, -0.15) is 8.78 Å².